The van der Waals surface area contributed by atoms with E-state index in [1.807, 2.05) is 0 Å². The summed E-state index contributed by atoms with van der Waals surface area (Å²) in [4.78, 5) is -0.0275. The zero-order valence-electron chi connectivity index (χ0n) is 9.95. The molecule has 0 aromatic carbocycles. The average Bonchev–Trinajstić information content (AvgIpc) is 2.86. The first kappa shape index (κ1) is 12.6. The molecular weight excluding hydrogens is 256 g/mol. The summed E-state index contributed by atoms with van der Waals surface area (Å²) in [6.07, 6.45) is 4.54. The van der Waals surface area contributed by atoms with Gasteiger partial charge in [-0.15, -0.1) is 0 Å². The molecule has 4 N–H and O–H groups in total. The highest BCUT2D eigenvalue weighted by Crippen LogP contribution is 2.19. The van der Waals surface area contributed by atoms with Gasteiger partial charge in [-0.25, -0.2) is 13.1 Å². The molecule has 0 aliphatic rings. The first-order valence-electron chi connectivity index (χ1n) is 5.20. The summed E-state index contributed by atoms with van der Waals surface area (Å²) in [6, 6.07) is -0.409. The van der Waals surface area contributed by atoms with Crippen molar-refractivity contribution < 1.29 is 8.42 Å². The van der Waals surface area contributed by atoms with E-state index >= 15 is 0 Å². The Balaban J connectivity index is 2.25. The molecule has 0 spiro atoms. The number of nitrogens with one attached hydrogen (secondary N) is 2. The van der Waals surface area contributed by atoms with Gasteiger partial charge in [-0.1, -0.05) is 0 Å². The largest absolute Gasteiger partial charge is 0.381 e. The van der Waals surface area contributed by atoms with Gasteiger partial charge in [0.2, 0.25) is 10.0 Å². The Morgan fingerprint density at radius 2 is 2.28 bits per heavy atom. The third kappa shape index (κ3) is 2.36. The Kier molecular flexibility index (Phi) is 3.09. The van der Waals surface area contributed by atoms with Crippen molar-refractivity contribution in [2.24, 2.45) is 7.05 Å². The second kappa shape index (κ2) is 4.42. The van der Waals surface area contributed by atoms with E-state index in [1.165, 1.54) is 10.9 Å². The molecule has 2 aromatic rings. The van der Waals surface area contributed by atoms with Crippen LogP contribution in [-0.2, 0) is 17.1 Å². The maximum absolute atomic E-state index is 12.1. The Morgan fingerprint density at radius 1 is 1.56 bits per heavy atom. The van der Waals surface area contributed by atoms with E-state index in [0.717, 1.165) is 5.56 Å². The maximum atomic E-state index is 12.1. The number of hydrogen-bond acceptors (Lipinski definition) is 5. The van der Waals surface area contributed by atoms with Crippen LogP contribution in [0.4, 0.5) is 5.82 Å². The molecule has 0 radical (unpaired) electrons. The third-order valence-electron chi connectivity index (χ3n) is 2.46. The summed E-state index contributed by atoms with van der Waals surface area (Å²) in [6.45, 7) is 1.72. The van der Waals surface area contributed by atoms with Crippen molar-refractivity contribution in [2.45, 2.75) is 17.9 Å². The van der Waals surface area contributed by atoms with Crippen LogP contribution in [0.25, 0.3) is 0 Å². The van der Waals surface area contributed by atoms with E-state index in [9.17, 15) is 8.42 Å². The van der Waals surface area contributed by atoms with Crippen molar-refractivity contribution in [1.29, 1.82) is 0 Å². The minimum atomic E-state index is -3.70. The van der Waals surface area contributed by atoms with E-state index in [4.69, 9.17) is 5.73 Å². The molecule has 2 rings (SSSR count). The van der Waals surface area contributed by atoms with E-state index in [-0.39, 0.29) is 10.7 Å². The number of hydrogen-bond donors (Lipinski definition) is 3. The molecule has 2 aromatic heterocycles. The highest BCUT2D eigenvalue weighted by molar-refractivity contribution is 7.89. The Bertz CT molecular complexity index is 630. The van der Waals surface area contributed by atoms with Crippen LogP contribution in [0.15, 0.2) is 23.5 Å². The number of aromatic nitrogens is 4. The van der Waals surface area contributed by atoms with Crippen LogP contribution < -0.4 is 10.5 Å². The number of sulfonamides is 1. The Labute approximate surface area is 104 Å². The zero-order valence-corrected chi connectivity index (χ0v) is 10.8. The second-order valence-corrected chi connectivity index (χ2v) is 5.61. The standard InChI is InChI=1S/C9H14N6O2S/c1-6(7-3-11-12-4-7)14-18(16,17)8-5-15(2)13-9(8)10/h3-6,14H,1-2H3,(H2,10,13)(H,11,12). The fraction of sp³-hybridized carbons (Fsp3) is 0.333. The van der Waals surface area contributed by atoms with E-state index in [0.29, 0.717) is 0 Å². The van der Waals surface area contributed by atoms with Crippen molar-refractivity contribution in [3.63, 3.8) is 0 Å². The molecule has 8 nitrogen and oxygen atoms in total. The number of rotatable bonds is 4. The van der Waals surface area contributed by atoms with Gasteiger partial charge in [0, 0.05) is 31.0 Å². The molecule has 18 heavy (non-hydrogen) atoms. The smallest absolute Gasteiger partial charge is 0.246 e. The van der Waals surface area contributed by atoms with Gasteiger partial charge in [0.25, 0.3) is 0 Å². The van der Waals surface area contributed by atoms with Gasteiger partial charge in [0.1, 0.15) is 4.90 Å². The van der Waals surface area contributed by atoms with E-state index in [2.05, 4.69) is 20.0 Å². The van der Waals surface area contributed by atoms with Crippen LogP contribution in [0.3, 0.4) is 0 Å². The predicted molar refractivity (Wildman–Crippen MR) is 64.9 cm³/mol. The minimum Gasteiger partial charge on any atom is -0.381 e. The summed E-state index contributed by atoms with van der Waals surface area (Å²) in [5, 5.41) is 10.2. The van der Waals surface area contributed by atoms with Gasteiger partial charge in [-0.3, -0.25) is 9.78 Å². The number of nitrogen functional groups attached to an aromatic ring is 1. The molecular formula is C9H14N6O2S. The average molecular weight is 270 g/mol. The van der Waals surface area contributed by atoms with Crippen LogP contribution in [0.1, 0.15) is 18.5 Å². The molecule has 1 unspecified atom stereocenters. The number of anilines is 1. The first-order valence-corrected chi connectivity index (χ1v) is 6.68. The Hall–Kier alpha value is -1.87. The molecule has 0 aliphatic heterocycles. The molecule has 0 aliphatic carbocycles. The van der Waals surface area contributed by atoms with Crippen molar-refractivity contribution in [1.82, 2.24) is 24.7 Å². The molecule has 0 amide bonds. The van der Waals surface area contributed by atoms with Gasteiger partial charge in [0.15, 0.2) is 5.82 Å². The lowest BCUT2D eigenvalue weighted by Crippen LogP contribution is -2.27. The lowest BCUT2D eigenvalue weighted by atomic mass is 10.2. The van der Waals surface area contributed by atoms with Crippen molar-refractivity contribution in [3.05, 3.63) is 24.2 Å². The van der Waals surface area contributed by atoms with E-state index in [1.54, 1.807) is 26.4 Å². The molecule has 2 heterocycles. The fourth-order valence-electron chi connectivity index (χ4n) is 1.55. The van der Waals surface area contributed by atoms with Gasteiger partial charge in [-0.2, -0.15) is 10.2 Å². The third-order valence-corrected chi connectivity index (χ3v) is 4.02. The van der Waals surface area contributed by atoms with Crippen LogP contribution in [0, 0.1) is 0 Å². The number of aryl methyl sites for hydroxylation is 1. The van der Waals surface area contributed by atoms with E-state index < -0.39 is 16.1 Å². The minimum absolute atomic E-state index is 0.0237. The Morgan fingerprint density at radius 3 is 2.78 bits per heavy atom. The molecule has 0 fully saturated rings. The molecule has 9 heteroatoms. The summed E-state index contributed by atoms with van der Waals surface area (Å²) in [5.74, 6) is -0.0237. The quantitative estimate of drug-likeness (QED) is 0.708. The molecule has 0 saturated carbocycles. The molecule has 0 bridgehead atoms. The monoisotopic (exact) mass is 270 g/mol. The molecule has 0 saturated heterocycles. The molecule has 98 valence electrons. The number of H-pyrrole nitrogens is 1. The summed E-state index contributed by atoms with van der Waals surface area (Å²) >= 11 is 0. The topological polar surface area (TPSA) is 119 Å². The van der Waals surface area contributed by atoms with Gasteiger partial charge in [-0.05, 0) is 6.92 Å². The van der Waals surface area contributed by atoms with Crippen LogP contribution in [0.2, 0.25) is 0 Å². The van der Waals surface area contributed by atoms with Crippen molar-refractivity contribution in [3.8, 4) is 0 Å². The summed E-state index contributed by atoms with van der Waals surface area (Å²) < 4.78 is 28.1. The first-order chi connectivity index (χ1) is 8.40. The molecule has 1 atom stereocenters. The van der Waals surface area contributed by atoms with Gasteiger partial charge in [0.05, 0.1) is 6.20 Å². The van der Waals surface area contributed by atoms with Gasteiger partial charge >= 0.3 is 0 Å². The van der Waals surface area contributed by atoms with Crippen LogP contribution >= 0.6 is 0 Å². The lowest BCUT2D eigenvalue weighted by Gasteiger charge is -2.11. The lowest BCUT2D eigenvalue weighted by molar-refractivity contribution is 0.567. The second-order valence-electron chi connectivity index (χ2n) is 3.93. The number of nitrogens with zero attached hydrogens (tertiary/aromatic N) is 3. The normalized spacial score (nSPS) is 13.7. The van der Waals surface area contributed by atoms with Crippen molar-refractivity contribution in [2.75, 3.05) is 5.73 Å². The number of nitrogens with two attached hydrogens (primary N) is 1. The highest BCUT2D eigenvalue weighted by Gasteiger charge is 2.23. The summed E-state index contributed by atoms with van der Waals surface area (Å²) in [5.41, 5.74) is 6.29. The van der Waals surface area contributed by atoms with Crippen LogP contribution in [-0.4, -0.2) is 28.4 Å². The fourth-order valence-corrected chi connectivity index (χ4v) is 2.89. The van der Waals surface area contributed by atoms with Gasteiger partial charge < -0.3 is 5.73 Å². The maximum Gasteiger partial charge on any atom is 0.246 e. The predicted octanol–water partition coefficient (Wildman–Crippen LogP) is -0.235. The SMILES string of the molecule is CC(NS(=O)(=O)c1cn(C)nc1N)c1cn[nH]c1. The van der Waals surface area contributed by atoms with Crippen molar-refractivity contribution >= 4 is 15.8 Å². The number of aromatic amines is 1. The van der Waals surface area contributed by atoms with Crippen LogP contribution in [0.5, 0.6) is 0 Å². The highest BCUT2D eigenvalue weighted by atomic mass is 32.2. The summed E-state index contributed by atoms with van der Waals surface area (Å²) in [7, 11) is -2.09. The zero-order chi connectivity index (χ0) is 13.3.